The number of imidazole rings is 2. The van der Waals surface area contributed by atoms with Gasteiger partial charge in [0, 0.05) is 46.8 Å². The Labute approximate surface area is 300 Å². The topological polar surface area (TPSA) is 99.5 Å². The van der Waals surface area contributed by atoms with Crippen molar-refractivity contribution in [3.8, 4) is 22.5 Å². The van der Waals surface area contributed by atoms with Crippen molar-refractivity contribution in [2.75, 3.05) is 0 Å². The van der Waals surface area contributed by atoms with Crippen molar-refractivity contribution in [3.05, 3.63) is 168 Å². The van der Waals surface area contributed by atoms with Gasteiger partial charge in [0.15, 0.2) is 11.4 Å². The first-order chi connectivity index (χ1) is 25.4. The molecule has 7 rings (SSSR count). The van der Waals surface area contributed by atoms with Gasteiger partial charge in [-0.2, -0.15) is 10.2 Å². The first kappa shape index (κ1) is 33.3. The largest absolute Gasteiger partial charge is 0.286 e. The van der Waals surface area contributed by atoms with Crippen LogP contribution in [-0.4, -0.2) is 33.0 Å². The van der Waals surface area contributed by atoms with Crippen molar-refractivity contribution < 1.29 is 18.7 Å². The number of nitrogens with zero attached hydrogens (tertiary/aromatic N) is 6. The van der Waals surface area contributed by atoms with Crippen LogP contribution in [0, 0.1) is 0 Å². The summed E-state index contributed by atoms with van der Waals surface area (Å²) in [6, 6.07) is 34.9. The average Bonchev–Trinajstić information content (AvgIpc) is 3.71. The molecule has 0 atom stereocenters. The molecule has 3 aromatic carbocycles. The van der Waals surface area contributed by atoms with Crippen molar-refractivity contribution in [1.82, 2.24) is 19.7 Å². The van der Waals surface area contributed by atoms with Crippen molar-refractivity contribution in [2.45, 2.75) is 0 Å². The zero-order valence-electron chi connectivity index (χ0n) is 28.7. The van der Waals surface area contributed by atoms with Gasteiger partial charge in [0.25, 0.3) is 23.1 Å². The maximum Gasteiger partial charge on any atom is 0.286 e. The molecule has 0 saturated heterocycles. The number of hydrazone groups is 2. The van der Waals surface area contributed by atoms with Crippen LogP contribution in [0.3, 0.4) is 0 Å². The minimum Gasteiger partial charge on any atom is -0.267 e. The van der Waals surface area contributed by atoms with Gasteiger partial charge in [-0.3, -0.25) is 9.59 Å². The lowest BCUT2D eigenvalue weighted by atomic mass is 10.1. The van der Waals surface area contributed by atoms with Gasteiger partial charge in [0.1, 0.15) is 12.4 Å². The standard InChI is InChI=1S/C42H34N8O2/c1-47-37(29-49-27-5-3-11-39(47)49)33-17-13-31(14-18-33)9-7-25-43-45-41(51)35-21-23-36(24-22-35)42(52)46-44-26-8-10-32-15-19-34(20-16-32)38-30-50-28-6-4-12-40(50)48(38)2/h3-30H,1-2H3/p+2/b9-7+,10-8+,43-25-,44-26-. The number of hydrogen-bond donors (Lipinski definition) is 2. The summed E-state index contributed by atoms with van der Waals surface area (Å²) in [4.78, 5) is 25.1. The molecule has 0 aliphatic rings. The van der Waals surface area contributed by atoms with E-state index in [4.69, 9.17) is 0 Å². The summed E-state index contributed by atoms with van der Waals surface area (Å²) in [5.41, 5.74) is 14.5. The molecule has 0 unspecified atom stereocenters. The summed E-state index contributed by atoms with van der Waals surface area (Å²) in [5, 5.41) is 8.01. The number of benzene rings is 3. The third kappa shape index (κ3) is 7.36. The third-order valence-corrected chi connectivity index (χ3v) is 8.72. The third-order valence-electron chi connectivity index (χ3n) is 8.72. The lowest BCUT2D eigenvalue weighted by Crippen LogP contribution is -2.29. The number of allylic oxidation sites excluding steroid dienone is 2. The zero-order valence-corrected chi connectivity index (χ0v) is 28.7. The summed E-state index contributed by atoms with van der Waals surface area (Å²) in [6.07, 6.45) is 18.7. The van der Waals surface area contributed by atoms with E-state index in [0.29, 0.717) is 11.1 Å². The number of carbonyl (C=O) groups is 2. The van der Waals surface area contributed by atoms with Gasteiger partial charge in [-0.1, -0.05) is 48.6 Å². The number of rotatable bonds is 10. The Balaban J connectivity index is 0.856. The van der Waals surface area contributed by atoms with Crippen LogP contribution in [0.2, 0.25) is 0 Å². The molecule has 0 aliphatic heterocycles. The highest BCUT2D eigenvalue weighted by atomic mass is 16.2. The molecule has 7 aromatic rings. The summed E-state index contributed by atoms with van der Waals surface area (Å²) < 4.78 is 8.52. The van der Waals surface area contributed by atoms with Gasteiger partial charge < -0.3 is 0 Å². The van der Waals surface area contributed by atoms with Crippen LogP contribution in [0.4, 0.5) is 0 Å². The van der Waals surface area contributed by atoms with Gasteiger partial charge in [-0.05, 0) is 83.9 Å². The van der Waals surface area contributed by atoms with E-state index in [1.54, 1.807) is 36.4 Å². The van der Waals surface area contributed by atoms with E-state index in [2.05, 4.69) is 102 Å². The molecule has 2 N–H and O–H groups in total. The van der Waals surface area contributed by atoms with E-state index in [1.165, 1.54) is 12.4 Å². The molecule has 254 valence electrons. The second-order valence-corrected chi connectivity index (χ2v) is 12.1. The van der Waals surface area contributed by atoms with Crippen molar-refractivity contribution >= 4 is 47.7 Å². The van der Waals surface area contributed by atoms with Crippen LogP contribution in [0.5, 0.6) is 0 Å². The fraction of sp³-hybridized carbons (Fsp3) is 0.0476. The average molecular weight is 685 g/mol. The number of aryl methyl sites for hydroxylation is 2. The highest BCUT2D eigenvalue weighted by Gasteiger charge is 2.16. The number of aromatic nitrogens is 4. The van der Waals surface area contributed by atoms with Gasteiger partial charge in [0.05, 0.1) is 26.5 Å². The van der Waals surface area contributed by atoms with Gasteiger partial charge >= 0.3 is 0 Å². The van der Waals surface area contributed by atoms with Crippen LogP contribution < -0.4 is 20.0 Å². The summed E-state index contributed by atoms with van der Waals surface area (Å²) in [5.74, 6) is -0.776. The highest BCUT2D eigenvalue weighted by molar-refractivity contribution is 5.98. The summed E-state index contributed by atoms with van der Waals surface area (Å²) in [6.45, 7) is 0. The predicted octanol–water partition coefficient (Wildman–Crippen LogP) is 6.03. The second-order valence-electron chi connectivity index (χ2n) is 12.1. The SMILES string of the molecule is C[n+]1c(-c2ccc(/C=C/C=N\NC(=O)c3ccc(C(=O)N/N=C\C=C\c4ccc(-c5cn6ccccc6[n+]5C)cc4)cc3)cc2)cn2ccccc21. The predicted molar refractivity (Wildman–Crippen MR) is 204 cm³/mol. The van der Waals surface area contributed by atoms with Crippen LogP contribution in [0.25, 0.3) is 46.0 Å². The molecule has 0 aliphatic carbocycles. The fourth-order valence-corrected chi connectivity index (χ4v) is 5.92. The fourth-order valence-electron chi connectivity index (χ4n) is 5.92. The minimum absolute atomic E-state index is 0.372. The lowest BCUT2D eigenvalue weighted by Gasteiger charge is -2.02. The molecule has 0 radical (unpaired) electrons. The monoisotopic (exact) mass is 684 g/mol. The van der Waals surface area contributed by atoms with Crippen molar-refractivity contribution in [2.24, 2.45) is 24.3 Å². The molecular formula is C42H36N8O2+2. The highest BCUT2D eigenvalue weighted by Crippen LogP contribution is 2.20. The molecule has 4 aromatic heterocycles. The quantitative estimate of drug-likeness (QED) is 0.105. The van der Waals surface area contributed by atoms with Gasteiger partial charge in [-0.15, -0.1) is 0 Å². The van der Waals surface area contributed by atoms with E-state index in [9.17, 15) is 9.59 Å². The summed E-state index contributed by atoms with van der Waals surface area (Å²) >= 11 is 0. The molecule has 0 bridgehead atoms. The van der Waals surface area contributed by atoms with Gasteiger partial charge in [-0.25, -0.2) is 28.8 Å². The van der Waals surface area contributed by atoms with Crippen LogP contribution in [-0.2, 0) is 14.1 Å². The first-order valence-corrected chi connectivity index (χ1v) is 16.7. The van der Waals surface area contributed by atoms with Gasteiger partial charge in [0.2, 0.25) is 0 Å². The van der Waals surface area contributed by atoms with Crippen LogP contribution in [0.15, 0.2) is 156 Å². The molecule has 0 spiro atoms. The smallest absolute Gasteiger partial charge is 0.267 e. The molecular weight excluding hydrogens is 649 g/mol. The number of hydrogen-bond acceptors (Lipinski definition) is 4. The molecule has 4 heterocycles. The van der Waals surface area contributed by atoms with E-state index in [-0.39, 0.29) is 11.8 Å². The molecule has 0 fully saturated rings. The molecule has 2 amide bonds. The number of carbonyl (C=O) groups excluding carboxylic acids is 2. The zero-order chi connectivity index (χ0) is 35.9. The van der Waals surface area contributed by atoms with Crippen LogP contribution in [0.1, 0.15) is 31.8 Å². The molecule has 0 saturated carbocycles. The number of amides is 2. The number of fused-ring (bicyclic) bond motifs is 2. The Hall–Kier alpha value is -7.20. The maximum atomic E-state index is 12.5. The Morgan fingerprint density at radius 2 is 0.962 bits per heavy atom. The summed E-state index contributed by atoms with van der Waals surface area (Å²) in [7, 11) is 4.11. The lowest BCUT2D eigenvalue weighted by molar-refractivity contribution is -0.633. The molecule has 10 heteroatoms. The van der Waals surface area contributed by atoms with Crippen molar-refractivity contribution in [1.29, 1.82) is 0 Å². The van der Waals surface area contributed by atoms with E-state index in [0.717, 1.165) is 44.9 Å². The van der Waals surface area contributed by atoms with Crippen LogP contribution >= 0.6 is 0 Å². The van der Waals surface area contributed by atoms with E-state index >= 15 is 0 Å². The number of pyridine rings is 2. The number of nitrogens with one attached hydrogen (secondary N) is 2. The van der Waals surface area contributed by atoms with Crippen molar-refractivity contribution in [3.63, 3.8) is 0 Å². The normalized spacial score (nSPS) is 11.9. The van der Waals surface area contributed by atoms with E-state index in [1.807, 2.05) is 73.1 Å². The Morgan fingerprint density at radius 1 is 0.558 bits per heavy atom. The minimum atomic E-state index is -0.388. The molecule has 52 heavy (non-hydrogen) atoms. The molecule has 10 nitrogen and oxygen atoms in total. The van der Waals surface area contributed by atoms with E-state index < -0.39 is 0 Å². The first-order valence-electron chi connectivity index (χ1n) is 16.7. The second kappa shape index (κ2) is 15.1. The Bertz CT molecular complexity index is 2330. The Morgan fingerprint density at radius 3 is 1.35 bits per heavy atom. The Kier molecular flexibility index (Phi) is 9.70. The maximum absolute atomic E-state index is 12.5.